The summed E-state index contributed by atoms with van der Waals surface area (Å²) in [6, 6.07) is 13.5. The Balaban J connectivity index is 1.90. The fraction of sp³-hybridized carbons (Fsp3) is 0.235. The molecule has 0 unspecified atom stereocenters. The van der Waals surface area contributed by atoms with Gasteiger partial charge in [0.05, 0.1) is 0 Å². The Hall–Kier alpha value is -1.31. The first-order valence-corrected chi connectivity index (χ1v) is 7.31. The third-order valence-corrected chi connectivity index (χ3v) is 3.80. The van der Waals surface area contributed by atoms with Crippen molar-refractivity contribution in [3.8, 4) is 0 Å². The minimum absolute atomic E-state index is 0.190. The molecule has 0 saturated heterocycles. The highest BCUT2D eigenvalue weighted by Crippen LogP contribution is 2.22. The summed E-state index contributed by atoms with van der Waals surface area (Å²) in [4.78, 5) is 12.0. The number of aryl methyl sites for hydroxylation is 2. The molecule has 0 N–H and O–H groups in total. The lowest BCUT2D eigenvalue weighted by Crippen LogP contribution is -2.04. The van der Waals surface area contributed by atoms with Gasteiger partial charge < -0.3 is 0 Å². The molecule has 2 aromatic rings. The number of carbonyl (C=O) groups excluding carboxylic acids is 1. The summed E-state index contributed by atoms with van der Waals surface area (Å²) in [5.41, 5.74) is 3.25. The van der Waals surface area contributed by atoms with Gasteiger partial charge >= 0.3 is 0 Å². The average Bonchev–Trinajstić information content (AvgIpc) is 2.41. The van der Waals surface area contributed by atoms with E-state index in [1.807, 2.05) is 6.07 Å². The molecule has 2 aromatic carbocycles. The van der Waals surface area contributed by atoms with Crippen molar-refractivity contribution >= 4 is 29.0 Å². The van der Waals surface area contributed by atoms with Crippen LogP contribution in [0.15, 0.2) is 42.5 Å². The van der Waals surface area contributed by atoms with E-state index in [2.05, 4.69) is 31.2 Å². The number of Topliss-reactive ketones (excluding diaryl/α,β-unsaturated/α-hetero) is 1. The van der Waals surface area contributed by atoms with Crippen LogP contribution in [0.3, 0.4) is 0 Å². The van der Waals surface area contributed by atoms with Crippen LogP contribution in [0.1, 0.15) is 23.1 Å². The van der Waals surface area contributed by atoms with Crippen LogP contribution in [-0.4, -0.2) is 5.78 Å². The van der Waals surface area contributed by atoms with E-state index in [9.17, 15) is 4.79 Å². The predicted molar refractivity (Wildman–Crippen MR) is 84.7 cm³/mol. The van der Waals surface area contributed by atoms with Gasteiger partial charge in [0.15, 0.2) is 0 Å². The number of rotatable bonds is 5. The SMILES string of the molecule is Cc1ccc(CCC(=O)Cc2ccc(Cl)cc2Cl)cc1. The maximum Gasteiger partial charge on any atom is 0.137 e. The highest BCUT2D eigenvalue weighted by atomic mass is 35.5. The molecule has 2 rings (SSSR count). The second kappa shape index (κ2) is 6.92. The summed E-state index contributed by atoms with van der Waals surface area (Å²) in [7, 11) is 0. The van der Waals surface area contributed by atoms with E-state index in [4.69, 9.17) is 23.2 Å². The Morgan fingerprint density at radius 1 is 1.05 bits per heavy atom. The normalized spacial score (nSPS) is 10.6. The van der Waals surface area contributed by atoms with Gasteiger partial charge in [0, 0.05) is 22.9 Å². The summed E-state index contributed by atoms with van der Waals surface area (Å²) in [6.07, 6.45) is 1.66. The van der Waals surface area contributed by atoms with Gasteiger partial charge in [-0.2, -0.15) is 0 Å². The standard InChI is InChI=1S/C17H16Cl2O/c1-12-2-4-13(5-3-12)6-9-16(20)10-14-7-8-15(18)11-17(14)19/h2-5,7-8,11H,6,9-10H2,1H3. The van der Waals surface area contributed by atoms with Crippen LogP contribution in [0.2, 0.25) is 10.0 Å². The zero-order valence-corrected chi connectivity index (χ0v) is 12.8. The maximum atomic E-state index is 12.0. The van der Waals surface area contributed by atoms with Gasteiger partial charge in [-0.05, 0) is 36.6 Å². The first-order chi connectivity index (χ1) is 9.54. The van der Waals surface area contributed by atoms with Crippen molar-refractivity contribution in [2.24, 2.45) is 0 Å². The van der Waals surface area contributed by atoms with E-state index in [0.717, 1.165) is 12.0 Å². The Labute approximate surface area is 129 Å². The molecule has 3 heteroatoms. The quantitative estimate of drug-likeness (QED) is 0.755. The average molecular weight is 307 g/mol. The molecule has 20 heavy (non-hydrogen) atoms. The minimum Gasteiger partial charge on any atom is -0.299 e. The van der Waals surface area contributed by atoms with Gasteiger partial charge in [-0.1, -0.05) is 59.1 Å². The molecule has 0 radical (unpaired) electrons. The molecule has 0 aromatic heterocycles. The van der Waals surface area contributed by atoms with Crippen LogP contribution in [0.5, 0.6) is 0 Å². The number of carbonyl (C=O) groups is 1. The van der Waals surface area contributed by atoms with Gasteiger partial charge in [-0.25, -0.2) is 0 Å². The van der Waals surface area contributed by atoms with Crippen molar-refractivity contribution in [1.29, 1.82) is 0 Å². The zero-order chi connectivity index (χ0) is 14.5. The van der Waals surface area contributed by atoms with E-state index >= 15 is 0 Å². The van der Waals surface area contributed by atoms with Gasteiger partial charge in [0.1, 0.15) is 5.78 Å². The molecule has 104 valence electrons. The topological polar surface area (TPSA) is 17.1 Å². The molecule has 0 bridgehead atoms. The van der Waals surface area contributed by atoms with Crippen LogP contribution in [-0.2, 0) is 17.6 Å². The molecule has 0 amide bonds. The largest absolute Gasteiger partial charge is 0.299 e. The van der Waals surface area contributed by atoms with E-state index in [1.54, 1.807) is 12.1 Å². The Kier molecular flexibility index (Phi) is 5.22. The van der Waals surface area contributed by atoms with Crippen molar-refractivity contribution in [3.63, 3.8) is 0 Å². The molecule has 0 aliphatic carbocycles. The molecule has 0 fully saturated rings. The summed E-state index contributed by atoms with van der Waals surface area (Å²) >= 11 is 11.9. The zero-order valence-electron chi connectivity index (χ0n) is 11.3. The fourth-order valence-corrected chi connectivity index (χ4v) is 2.48. The molecule has 1 nitrogen and oxygen atoms in total. The van der Waals surface area contributed by atoms with Gasteiger partial charge in [-0.3, -0.25) is 4.79 Å². The number of ketones is 1. The second-order valence-corrected chi connectivity index (χ2v) is 5.78. The molecule has 0 spiro atoms. The van der Waals surface area contributed by atoms with E-state index in [1.165, 1.54) is 11.1 Å². The van der Waals surface area contributed by atoms with Crippen molar-refractivity contribution in [1.82, 2.24) is 0 Å². The molecular formula is C17H16Cl2O. The molecule has 0 heterocycles. The number of hydrogen-bond donors (Lipinski definition) is 0. The molecule has 0 aliphatic rings. The second-order valence-electron chi connectivity index (χ2n) is 4.94. The monoisotopic (exact) mass is 306 g/mol. The van der Waals surface area contributed by atoms with Crippen molar-refractivity contribution in [2.45, 2.75) is 26.2 Å². The highest BCUT2D eigenvalue weighted by molar-refractivity contribution is 6.35. The lowest BCUT2D eigenvalue weighted by molar-refractivity contribution is -0.118. The van der Waals surface area contributed by atoms with Crippen molar-refractivity contribution in [3.05, 3.63) is 69.2 Å². The van der Waals surface area contributed by atoms with E-state index < -0.39 is 0 Å². The minimum atomic E-state index is 0.190. The summed E-state index contributed by atoms with van der Waals surface area (Å²) in [5.74, 6) is 0.190. The van der Waals surface area contributed by atoms with Gasteiger partial charge in [-0.15, -0.1) is 0 Å². The molecule has 0 saturated carbocycles. The third kappa shape index (κ3) is 4.36. The Morgan fingerprint density at radius 2 is 1.75 bits per heavy atom. The van der Waals surface area contributed by atoms with Gasteiger partial charge in [0.25, 0.3) is 0 Å². The smallest absolute Gasteiger partial charge is 0.137 e. The number of benzene rings is 2. The summed E-state index contributed by atoms with van der Waals surface area (Å²) in [6.45, 7) is 2.05. The maximum absolute atomic E-state index is 12.0. The molecule has 0 aliphatic heterocycles. The first kappa shape index (κ1) is 15.1. The van der Waals surface area contributed by atoms with Crippen LogP contribution >= 0.6 is 23.2 Å². The van der Waals surface area contributed by atoms with Crippen LogP contribution < -0.4 is 0 Å². The van der Waals surface area contributed by atoms with Gasteiger partial charge in [0.2, 0.25) is 0 Å². The van der Waals surface area contributed by atoms with E-state index in [-0.39, 0.29) is 5.78 Å². The van der Waals surface area contributed by atoms with Crippen molar-refractivity contribution in [2.75, 3.05) is 0 Å². The van der Waals surface area contributed by atoms with Crippen LogP contribution in [0.4, 0.5) is 0 Å². The highest BCUT2D eigenvalue weighted by Gasteiger charge is 2.08. The fourth-order valence-electron chi connectivity index (χ4n) is 2.00. The molecular weight excluding hydrogens is 291 g/mol. The van der Waals surface area contributed by atoms with Crippen LogP contribution in [0.25, 0.3) is 0 Å². The Morgan fingerprint density at radius 3 is 2.40 bits per heavy atom. The van der Waals surface area contributed by atoms with Crippen molar-refractivity contribution < 1.29 is 4.79 Å². The molecule has 0 atom stereocenters. The predicted octanol–water partition coefficient (Wildman–Crippen LogP) is 5.05. The summed E-state index contributed by atoms with van der Waals surface area (Å²) < 4.78 is 0. The van der Waals surface area contributed by atoms with E-state index in [0.29, 0.717) is 22.9 Å². The summed E-state index contributed by atoms with van der Waals surface area (Å²) in [5, 5.41) is 1.15. The lowest BCUT2D eigenvalue weighted by Gasteiger charge is -2.05. The number of halogens is 2. The lowest BCUT2D eigenvalue weighted by atomic mass is 10.0. The third-order valence-electron chi connectivity index (χ3n) is 3.22. The Bertz CT molecular complexity index is 603. The first-order valence-electron chi connectivity index (χ1n) is 6.56. The number of hydrogen-bond acceptors (Lipinski definition) is 1. The van der Waals surface area contributed by atoms with Crippen LogP contribution in [0, 0.1) is 6.92 Å².